The first kappa shape index (κ1) is 29.2. The smallest absolute Gasteiger partial charge is 0.303 e. The van der Waals surface area contributed by atoms with Gasteiger partial charge in [-0.1, -0.05) is 91.4 Å². The molecule has 0 spiro atoms. The van der Waals surface area contributed by atoms with Crippen LogP contribution in [0.4, 0.5) is 5.69 Å². The Hall–Kier alpha value is -3.83. The lowest BCUT2D eigenvalue weighted by atomic mass is 10.1. The normalized spacial score (nSPS) is 11.6. The van der Waals surface area contributed by atoms with Crippen molar-refractivity contribution >= 4 is 53.7 Å². The molecule has 3 aromatic carbocycles. The molecule has 1 atom stereocenters. The molecule has 0 saturated carbocycles. The number of rotatable bonds is 9. The Kier molecular flexibility index (Phi) is 9.83. The van der Waals surface area contributed by atoms with Gasteiger partial charge in [-0.15, -0.1) is 16.9 Å². The minimum absolute atomic E-state index is 0.292. The van der Waals surface area contributed by atoms with Crippen LogP contribution in [0.25, 0.3) is 0 Å². The highest BCUT2D eigenvalue weighted by Crippen LogP contribution is 2.35. The lowest BCUT2D eigenvalue weighted by molar-refractivity contribution is -0.125. The van der Waals surface area contributed by atoms with E-state index in [0.717, 1.165) is 15.6 Å². The molecular weight excluding hydrogens is 556 g/mol. The molecule has 0 aliphatic rings. The van der Waals surface area contributed by atoms with Crippen LogP contribution in [0.3, 0.4) is 0 Å². The molecule has 1 heterocycles. The summed E-state index contributed by atoms with van der Waals surface area (Å²) in [7, 11) is -0.726. The van der Waals surface area contributed by atoms with Crippen molar-refractivity contribution in [2.45, 2.75) is 25.6 Å². The summed E-state index contributed by atoms with van der Waals surface area (Å²) in [5, 5.41) is 6.39. The van der Waals surface area contributed by atoms with Crippen LogP contribution >= 0.6 is 22.9 Å². The van der Waals surface area contributed by atoms with Gasteiger partial charge in [0.15, 0.2) is 14.1 Å². The Morgan fingerprint density at radius 2 is 1.70 bits per heavy atom. The van der Waals surface area contributed by atoms with Crippen molar-refractivity contribution < 1.29 is 14.3 Å². The molecule has 0 fully saturated rings. The van der Waals surface area contributed by atoms with Crippen LogP contribution in [0.5, 0.6) is 5.75 Å². The number of halogens is 1. The number of ether oxygens (including phenoxy) is 1. The average Bonchev–Trinajstić information content (AvgIpc) is 3.50. The molecule has 204 valence electrons. The van der Waals surface area contributed by atoms with Gasteiger partial charge in [-0.2, -0.15) is 0 Å². The molecule has 40 heavy (non-hydrogen) atoms. The van der Waals surface area contributed by atoms with E-state index in [-0.39, 0.29) is 5.91 Å². The Bertz CT molecular complexity index is 1500. The van der Waals surface area contributed by atoms with Crippen LogP contribution in [0.1, 0.15) is 16.5 Å². The number of nitrogens with one attached hydrogen (secondary N) is 1. The summed E-state index contributed by atoms with van der Waals surface area (Å²) >= 11 is 7.89. The summed E-state index contributed by atoms with van der Waals surface area (Å²) in [6, 6.07) is 27.8. The predicted molar refractivity (Wildman–Crippen MR) is 167 cm³/mol. The van der Waals surface area contributed by atoms with E-state index in [2.05, 4.69) is 29.9 Å². The summed E-state index contributed by atoms with van der Waals surface area (Å²) in [5.74, 6) is 2.60. The molecule has 1 N–H and O–H groups in total. The van der Waals surface area contributed by atoms with Crippen LogP contribution in [-0.2, 0) is 16.0 Å². The second kappa shape index (κ2) is 13.5. The van der Waals surface area contributed by atoms with Crippen LogP contribution in [0.2, 0.25) is 18.1 Å². The number of benzene rings is 3. The third kappa shape index (κ3) is 7.22. The van der Waals surface area contributed by atoms with Gasteiger partial charge in [0, 0.05) is 17.1 Å². The number of hydrogen-bond donors (Lipinski definition) is 1. The number of amides is 2. The highest BCUT2D eigenvalue weighted by atomic mass is 35.5. The first-order valence-electron chi connectivity index (χ1n) is 12.9. The SMILES string of the molecule is COc1ccc(N(C(=O)C#C[Si](C)(C)c2ccccc2)C(C(=O)NCCc2ccccc2)c2cccs2)cc1Cl. The second-order valence-electron chi connectivity index (χ2n) is 9.68. The van der Waals surface area contributed by atoms with E-state index in [1.54, 1.807) is 18.2 Å². The van der Waals surface area contributed by atoms with Crippen molar-refractivity contribution in [1.29, 1.82) is 0 Å². The molecule has 0 bridgehead atoms. The molecular formula is C32H31ClN2O3SSi. The fourth-order valence-corrected chi connectivity index (χ4v) is 6.93. The van der Waals surface area contributed by atoms with E-state index in [4.69, 9.17) is 16.3 Å². The van der Waals surface area contributed by atoms with Gasteiger partial charge in [-0.3, -0.25) is 14.5 Å². The van der Waals surface area contributed by atoms with Crippen LogP contribution in [0, 0.1) is 11.5 Å². The zero-order chi connectivity index (χ0) is 28.5. The van der Waals surface area contributed by atoms with Crippen LogP contribution in [0.15, 0.2) is 96.4 Å². The molecule has 2 amide bonds. The van der Waals surface area contributed by atoms with Crippen LogP contribution in [-0.4, -0.2) is 33.5 Å². The fourth-order valence-electron chi connectivity index (χ4n) is 4.28. The summed E-state index contributed by atoms with van der Waals surface area (Å²) < 4.78 is 5.32. The second-order valence-corrected chi connectivity index (χ2v) is 15.1. The topological polar surface area (TPSA) is 58.6 Å². The quantitative estimate of drug-likeness (QED) is 0.193. The highest BCUT2D eigenvalue weighted by Gasteiger charge is 2.33. The number of nitrogens with zero attached hydrogens (tertiary/aromatic N) is 1. The lowest BCUT2D eigenvalue weighted by Crippen LogP contribution is -2.44. The molecule has 4 aromatic rings. The van der Waals surface area contributed by atoms with E-state index >= 15 is 0 Å². The van der Waals surface area contributed by atoms with Gasteiger partial charge in [0.2, 0.25) is 5.91 Å². The van der Waals surface area contributed by atoms with E-state index in [9.17, 15) is 9.59 Å². The van der Waals surface area contributed by atoms with E-state index in [1.165, 1.54) is 23.3 Å². The van der Waals surface area contributed by atoms with Crippen molar-refractivity contribution in [3.05, 3.63) is 112 Å². The zero-order valence-electron chi connectivity index (χ0n) is 22.7. The number of thiophene rings is 1. The molecule has 0 radical (unpaired) electrons. The van der Waals surface area contributed by atoms with E-state index in [1.807, 2.05) is 78.2 Å². The Morgan fingerprint density at radius 1 is 1.00 bits per heavy atom. The molecule has 4 rings (SSSR count). The minimum atomic E-state index is -2.25. The van der Waals surface area contributed by atoms with Crippen molar-refractivity contribution in [2.24, 2.45) is 0 Å². The summed E-state index contributed by atoms with van der Waals surface area (Å²) in [6.07, 6.45) is 0.669. The lowest BCUT2D eigenvalue weighted by Gasteiger charge is -2.29. The molecule has 5 nitrogen and oxygen atoms in total. The van der Waals surface area contributed by atoms with Crippen molar-refractivity contribution in [1.82, 2.24) is 5.32 Å². The van der Waals surface area contributed by atoms with Gasteiger partial charge in [-0.25, -0.2) is 0 Å². The van der Waals surface area contributed by atoms with Gasteiger partial charge < -0.3 is 10.1 Å². The zero-order valence-corrected chi connectivity index (χ0v) is 25.3. The number of carbonyl (C=O) groups excluding carboxylic acids is 2. The van der Waals surface area contributed by atoms with E-state index in [0.29, 0.717) is 29.4 Å². The van der Waals surface area contributed by atoms with Gasteiger partial charge in [0.05, 0.1) is 12.1 Å². The van der Waals surface area contributed by atoms with Crippen LogP contribution < -0.4 is 20.1 Å². The maximum absolute atomic E-state index is 13.9. The predicted octanol–water partition coefficient (Wildman–Crippen LogP) is 6.00. The number of carbonyl (C=O) groups is 2. The molecule has 0 aliphatic heterocycles. The Labute approximate surface area is 245 Å². The van der Waals surface area contributed by atoms with Crippen molar-refractivity contribution in [3.8, 4) is 17.2 Å². The highest BCUT2D eigenvalue weighted by molar-refractivity contribution is 7.10. The average molecular weight is 587 g/mol. The standard InChI is InChI=1S/C32H31ClN2O3SSi/c1-38-28-17-16-25(23-27(28)33)35(30(36)19-22-40(2,3)26-13-8-5-9-14-26)31(29-15-10-21-39-29)32(37)34-20-18-24-11-6-4-7-12-24/h4-17,21,23,31H,18,20H2,1-3H3,(H,34,37). The molecule has 0 aliphatic carbocycles. The third-order valence-corrected chi connectivity index (χ3v) is 10.2. The summed E-state index contributed by atoms with van der Waals surface area (Å²) in [6.45, 7) is 4.63. The maximum atomic E-state index is 13.9. The Balaban J connectivity index is 1.71. The molecule has 1 aromatic heterocycles. The molecule has 0 saturated heterocycles. The monoisotopic (exact) mass is 586 g/mol. The van der Waals surface area contributed by atoms with Gasteiger partial charge in [0.1, 0.15) is 5.75 Å². The number of anilines is 1. The maximum Gasteiger partial charge on any atom is 0.303 e. The number of hydrogen-bond acceptors (Lipinski definition) is 4. The Morgan fingerprint density at radius 3 is 2.33 bits per heavy atom. The van der Waals surface area contributed by atoms with Gasteiger partial charge in [0.25, 0.3) is 0 Å². The summed E-state index contributed by atoms with van der Waals surface area (Å²) in [5.41, 5.74) is 4.85. The third-order valence-electron chi connectivity index (χ3n) is 6.48. The first-order chi connectivity index (χ1) is 19.3. The number of methoxy groups -OCH3 is 1. The largest absolute Gasteiger partial charge is 0.495 e. The molecule has 8 heteroatoms. The fraction of sp³-hybridized carbons (Fsp3) is 0.188. The summed E-state index contributed by atoms with van der Waals surface area (Å²) in [4.78, 5) is 29.9. The van der Waals surface area contributed by atoms with Gasteiger partial charge >= 0.3 is 5.91 Å². The van der Waals surface area contributed by atoms with Crippen molar-refractivity contribution in [2.75, 3.05) is 18.6 Å². The van der Waals surface area contributed by atoms with E-state index < -0.39 is 20.0 Å². The molecule has 1 unspecified atom stereocenters. The minimum Gasteiger partial charge on any atom is -0.495 e. The van der Waals surface area contributed by atoms with Crippen molar-refractivity contribution in [3.63, 3.8) is 0 Å². The first-order valence-corrected chi connectivity index (χ1v) is 17.2. The van der Waals surface area contributed by atoms with Gasteiger partial charge in [-0.05, 0) is 52.7 Å².